The summed E-state index contributed by atoms with van der Waals surface area (Å²) >= 11 is 0. The lowest BCUT2D eigenvalue weighted by molar-refractivity contribution is -0.158. The van der Waals surface area contributed by atoms with Crippen LogP contribution in [0.2, 0.25) is 0 Å². The Morgan fingerprint density at radius 3 is 2.24 bits per heavy atom. The molecule has 16 heteroatoms. The Morgan fingerprint density at radius 1 is 1.10 bits per heavy atom. The summed E-state index contributed by atoms with van der Waals surface area (Å²) in [7, 11) is 0. The molecular weight excluding hydrogens is 545 g/mol. The number of nitrogens with zero attached hydrogens (tertiary/aromatic N) is 3. The van der Waals surface area contributed by atoms with Crippen LogP contribution in [0.5, 0.6) is 0 Å². The van der Waals surface area contributed by atoms with Gasteiger partial charge in [0.15, 0.2) is 11.2 Å². The molecule has 228 valence electrons. The molecule has 0 radical (unpaired) electrons. The molecule has 2 aromatic rings. The van der Waals surface area contributed by atoms with Crippen molar-refractivity contribution in [1.82, 2.24) is 19.5 Å². The number of rotatable bonds is 13. The van der Waals surface area contributed by atoms with Crippen LogP contribution < -0.4 is 22.8 Å². The zero-order valence-electron chi connectivity index (χ0n) is 23.4. The van der Waals surface area contributed by atoms with Crippen LogP contribution in [0.1, 0.15) is 46.8 Å². The number of nitrogen functional groups attached to an aromatic ring is 1. The van der Waals surface area contributed by atoms with Crippen molar-refractivity contribution in [1.29, 1.82) is 0 Å². The maximum Gasteiger partial charge on any atom is 0.323 e. The summed E-state index contributed by atoms with van der Waals surface area (Å²) in [6.07, 6.45) is -2.60. The molecule has 1 fully saturated rings. The highest BCUT2D eigenvalue weighted by atomic mass is 19.1. The Bertz CT molecular complexity index is 1250. The predicted molar refractivity (Wildman–Crippen MR) is 143 cm³/mol. The number of aromatic amines is 1. The SMILES string of the molecule is CC(C)[C@H](N)C(=O)OCC(COC(=O)[C@@H](N)C(C)C)CC(=O)OC[C@H]1O[C@@H](n2cnc3c(=O)[nH]c(N)nc32)C[C@@H]1F. The van der Waals surface area contributed by atoms with Crippen molar-refractivity contribution < 1.29 is 37.7 Å². The largest absolute Gasteiger partial charge is 0.464 e. The minimum Gasteiger partial charge on any atom is -0.464 e. The molecule has 0 spiro atoms. The fourth-order valence-corrected chi connectivity index (χ4v) is 3.94. The normalized spacial score (nSPS) is 20.5. The number of halogens is 1. The third-order valence-corrected chi connectivity index (χ3v) is 6.69. The monoisotopic (exact) mass is 583 g/mol. The van der Waals surface area contributed by atoms with Gasteiger partial charge in [0.2, 0.25) is 5.95 Å². The van der Waals surface area contributed by atoms with Gasteiger partial charge in [-0.2, -0.15) is 4.98 Å². The van der Waals surface area contributed by atoms with Crippen molar-refractivity contribution in [3.05, 3.63) is 16.7 Å². The van der Waals surface area contributed by atoms with Gasteiger partial charge < -0.3 is 36.1 Å². The lowest BCUT2D eigenvalue weighted by atomic mass is 10.0. The maximum absolute atomic E-state index is 14.8. The van der Waals surface area contributed by atoms with Crippen LogP contribution in [0.15, 0.2) is 11.1 Å². The molecule has 2 aromatic heterocycles. The first kappa shape index (κ1) is 31.9. The second-order valence-electron chi connectivity index (χ2n) is 10.7. The molecule has 5 atom stereocenters. The van der Waals surface area contributed by atoms with E-state index in [4.69, 9.17) is 36.1 Å². The van der Waals surface area contributed by atoms with Crippen molar-refractivity contribution in [3.63, 3.8) is 0 Å². The van der Waals surface area contributed by atoms with Crippen LogP contribution in [0.25, 0.3) is 11.2 Å². The standard InChI is InChI=1S/C25H38FN7O8/c1-11(2)18(27)23(36)39-7-13(8-40-24(37)19(28)12(3)4)5-17(34)38-9-15-14(26)6-16(41-15)33-10-30-20-21(33)31-25(29)32-22(20)35/h10-16,18-19H,5-9,27-28H2,1-4H3,(H3,29,31,32,35)/t14-,15+,16+,18-,19-/m0/s1. The molecule has 0 saturated carbocycles. The zero-order chi connectivity index (χ0) is 30.4. The fraction of sp³-hybridized carbons (Fsp3) is 0.680. The number of carbonyl (C=O) groups excluding carboxylic acids is 3. The van der Waals surface area contributed by atoms with Crippen molar-refractivity contribution in [2.75, 3.05) is 25.6 Å². The molecule has 15 nitrogen and oxygen atoms in total. The van der Waals surface area contributed by atoms with Gasteiger partial charge in [-0.25, -0.2) is 9.37 Å². The van der Waals surface area contributed by atoms with Crippen LogP contribution in [0, 0.1) is 17.8 Å². The summed E-state index contributed by atoms with van der Waals surface area (Å²) in [6.45, 7) is 6.07. The lowest BCUT2D eigenvalue weighted by Gasteiger charge is -2.21. The van der Waals surface area contributed by atoms with Crippen LogP contribution in [-0.4, -0.2) is 81.6 Å². The van der Waals surface area contributed by atoms with E-state index in [1.165, 1.54) is 10.9 Å². The van der Waals surface area contributed by atoms with E-state index in [9.17, 15) is 23.6 Å². The van der Waals surface area contributed by atoms with E-state index >= 15 is 0 Å². The minimum atomic E-state index is -1.50. The summed E-state index contributed by atoms with van der Waals surface area (Å²) in [5.74, 6) is -3.33. The molecule has 0 aliphatic carbocycles. The Balaban J connectivity index is 1.58. The number of H-pyrrole nitrogens is 1. The second-order valence-corrected chi connectivity index (χ2v) is 10.7. The zero-order valence-corrected chi connectivity index (χ0v) is 23.4. The summed E-state index contributed by atoms with van der Waals surface area (Å²) in [5.41, 5.74) is 16.8. The highest BCUT2D eigenvalue weighted by Crippen LogP contribution is 2.32. The van der Waals surface area contributed by atoms with Gasteiger partial charge in [0.05, 0.1) is 26.0 Å². The number of imidazole rings is 1. The molecule has 7 N–H and O–H groups in total. The lowest BCUT2D eigenvalue weighted by Crippen LogP contribution is -2.39. The molecule has 1 saturated heterocycles. The Kier molecular flexibility index (Phi) is 10.8. The maximum atomic E-state index is 14.8. The van der Waals surface area contributed by atoms with Gasteiger partial charge in [0.25, 0.3) is 5.56 Å². The number of alkyl halides is 1. The van der Waals surface area contributed by atoms with Gasteiger partial charge >= 0.3 is 17.9 Å². The molecule has 1 aliphatic heterocycles. The van der Waals surface area contributed by atoms with Crippen molar-refractivity contribution >= 4 is 35.0 Å². The molecule has 41 heavy (non-hydrogen) atoms. The van der Waals surface area contributed by atoms with Crippen molar-refractivity contribution in [3.8, 4) is 0 Å². The molecule has 0 aromatic carbocycles. The first-order valence-corrected chi connectivity index (χ1v) is 13.3. The Morgan fingerprint density at radius 2 is 1.68 bits per heavy atom. The van der Waals surface area contributed by atoms with Crippen molar-refractivity contribution in [2.24, 2.45) is 29.2 Å². The fourth-order valence-electron chi connectivity index (χ4n) is 3.94. The summed E-state index contributed by atoms with van der Waals surface area (Å²) in [4.78, 5) is 59.4. The Labute approximate surface area is 235 Å². The molecule has 0 unspecified atom stereocenters. The van der Waals surface area contributed by atoms with Gasteiger partial charge in [-0.1, -0.05) is 27.7 Å². The topological polar surface area (TPSA) is 230 Å². The van der Waals surface area contributed by atoms with E-state index < -0.39 is 66.6 Å². The summed E-state index contributed by atoms with van der Waals surface area (Å²) < 4.78 is 37.7. The number of aromatic nitrogens is 4. The van der Waals surface area contributed by atoms with Gasteiger partial charge in [-0.15, -0.1) is 0 Å². The third kappa shape index (κ3) is 8.20. The number of hydrogen-bond acceptors (Lipinski definition) is 13. The average molecular weight is 584 g/mol. The van der Waals surface area contributed by atoms with Gasteiger partial charge in [-0.3, -0.25) is 28.7 Å². The number of fused-ring (bicyclic) bond motifs is 1. The smallest absolute Gasteiger partial charge is 0.323 e. The van der Waals surface area contributed by atoms with Crippen LogP contribution in [-0.2, 0) is 33.3 Å². The van der Waals surface area contributed by atoms with Gasteiger partial charge in [0, 0.05) is 12.3 Å². The molecule has 0 bridgehead atoms. The first-order valence-electron chi connectivity index (χ1n) is 13.3. The average Bonchev–Trinajstić information content (AvgIpc) is 3.50. The summed E-state index contributed by atoms with van der Waals surface area (Å²) in [6, 6.07) is -1.74. The molecule has 0 amide bonds. The number of carbonyl (C=O) groups is 3. The van der Waals surface area contributed by atoms with E-state index in [1.54, 1.807) is 27.7 Å². The Hall–Kier alpha value is -3.63. The van der Waals surface area contributed by atoms with E-state index in [-0.39, 0.29) is 55.0 Å². The first-order chi connectivity index (χ1) is 19.3. The van der Waals surface area contributed by atoms with E-state index in [0.29, 0.717) is 0 Å². The number of esters is 3. The van der Waals surface area contributed by atoms with Gasteiger partial charge in [0.1, 0.15) is 37.2 Å². The van der Waals surface area contributed by atoms with Gasteiger partial charge in [-0.05, 0) is 11.8 Å². The minimum absolute atomic E-state index is 0.0178. The summed E-state index contributed by atoms with van der Waals surface area (Å²) in [5, 5.41) is 0. The quantitative estimate of drug-likeness (QED) is 0.179. The number of anilines is 1. The van der Waals surface area contributed by atoms with E-state index in [0.717, 1.165) is 0 Å². The number of ether oxygens (including phenoxy) is 4. The highest BCUT2D eigenvalue weighted by molar-refractivity contribution is 5.76. The van der Waals surface area contributed by atoms with Crippen molar-refractivity contribution in [2.45, 2.75) is 71.1 Å². The predicted octanol–water partition coefficient (Wildman–Crippen LogP) is -0.0701. The molecular formula is C25H38FN7O8. The molecule has 3 rings (SSSR count). The number of hydrogen-bond donors (Lipinski definition) is 4. The molecule has 3 heterocycles. The van der Waals surface area contributed by atoms with E-state index in [1.807, 2.05) is 0 Å². The molecule has 1 aliphatic rings. The number of nitrogens with two attached hydrogens (primary N) is 3. The van der Waals surface area contributed by atoms with Crippen LogP contribution >= 0.6 is 0 Å². The second kappa shape index (κ2) is 13.8. The van der Waals surface area contributed by atoms with Crippen LogP contribution in [0.3, 0.4) is 0 Å². The van der Waals surface area contributed by atoms with Crippen LogP contribution in [0.4, 0.5) is 10.3 Å². The third-order valence-electron chi connectivity index (χ3n) is 6.69. The number of nitrogens with one attached hydrogen (secondary N) is 1. The van der Waals surface area contributed by atoms with E-state index in [2.05, 4.69) is 15.0 Å². The highest BCUT2D eigenvalue weighted by Gasteiger charge is 2.38.